The van der Waals surface area contributed by atoms with Crippen molar-refractivity contribution < 1.29 is 0 Å². The molecule has 1 aromatic heterocycles. The molecule has 0 bridgehead atoms. The summed E-state index contributed by atoms with van der Waals surface area (Å²) >= 11 is 0. The van der Waals surface area contributed by atoms with Crippen molar-refractivity contribution in [3.05, 3.63) is 42.2 Å². The first kappa shape index (κ1) is 12.3. The number of anilines is 1. The molecule has 1 N–H and O–H groups in total. The van der Waals surface area contributed by atoms with Gasteiger partial charge in [-0.2, -0.15) is 0 Å². The molecule has 3 rings (SSSR count). The minimum Gasteiger partial charge on any atom is -0.353 e. The van der Waals surface area contributed by atoms with Crippen LogP contribution >= 0.6 is 0 Å². The number of imidazole rings is 1. The van der Waals surface area contributed by atoms with Crippen molar-refractivity contribution in [2.45, 2.75) is 45.1 Å². The van der Waals surface area contributed by atoms with Gasteiger partial charge < -0.3 is 5.32 Å². The quantitative estimate of drug-likeness (QED) is 0.905. The summed E-state index contributed by atoms with van der Waals surface area (Å²) in [5, 5.41) is 3.46. The van der Waals surface area contributed by atoms with Crippen molar-refractivity contribution in [3.8, 4) is 5.69 Å². The third-order valence-electron chi connectivity index (χ3n) is 3.56. The van der Waals surface area contributed by atoms with E-state index in [-0.39, 0.29) is 5.41 Å². The third kappa shape index (κ3) is 2.65. The van der Waals surface area contributed by atoms with Gasteiger partial charge in [-0.1, -0.05) is 32.9 Å². The molecule has 0 saturated heterocycles. The molecular weight excluding hydrogens is 234 g/mol. The highest BCUT2D eigenvalue weighted by atomic mass is 15.2. The van der Waals surface area contributed by atoms with Gasteiger partial charge in [0.15, 0.2) is 0 Å². The van der Waals surface area contributed by atoms with E-state index in [1.807, 2.05) is 12.4 Å². The minimum atomic E-state index is 0.197. The van der Waals surface area contributed by atoms with E-state index in [0.717, 1.165) is 11.6 Å². The van der Waals surface area contributed by atoms with Gasteiger partial charge in [0.25, 0.3) is 0 Å². The van der Waals surface area contributed by atoms with Crippen LogP contribution in [0.2, 0.25) is 0 Å². The van der Waals surface area contributed by atoms with E-state index in [0.29, 0.717) is 6.04 Å². The van der Waals surface area contributed by atoms with E-state index in [2.05, 4.69) is 59.9 Å². The lowest BCUT2D eigenvalue weighted by Crippen LogP contribution is -2.11. The summed E-state index contributed by atoms with van der Waals surface area (Å²) in [6.45, 7) is 6.71. The van der Waals surface area contributed by atoms with Crippen LogP contribution in [0.3, 0.4) is 0 Å². The molecule has 1 saturated carbocycles. The molecule has 3 nitrogen and oxygen atoms in total. The molecule has 0 unspecified atom stereocenters. The number of hydrogen-bond donors (Lipinski definition) is 1. The molecule has 2 aromatic rings. The molecule has 0 atom stereocenters. The van der Waals surface area contributed by atoms with E-state index in [4.69, 9.17) is 0 Å². The minimum absolute atomic E-state index is 0.197. The SMILES string of the molecule is CC(C)(C)c1ccc(-n2ccnc2NC2CC2)cc1. The van der Waals surface area contributed by atoms with E-state index < -0.39 is 0 Å². The molecule has 100 valence electrons. The van der Waals surface area contributed by atoms with Gasteiger partial charge in [-0.05, 0) is 36.0 Å². The van der Waals surface area contributed by atoms with Crippen LogP contribution in [-0.2, 0) is 5.41 Å². The van der Waals surface area contributed by atoms with Gasteiger partial charge in [0, 0.05) is 24.1 Å². The molecule has 1 aliphatic carbocycles. The van der Waals surface area contributed by atoms with Crippen molar-refractivity contribution in [1.29, 1.82) is 0 Å². The lowest BCUT2D eigenvalue weighted by Gasteiger charge is -2.19. The molecule has 1 aromatic carbocycles. The number of rotatable bonds is 3. The first-order valence-electron chi connectivity index (χ1n) is 6.95. The Kier molecular flexibility index (Phi) is 2.85. The number of benzene rings is 1. The molecule has 3 heteroatoms. The fourth-order valence-electron chi connectivity index (χ4n) is 2.15. The number of hydrogen-bond acceptors (Lipinski definition) is 2. The maximum atomic E-state index is 4.40. The maximum Gasteiger partial charge on any atom is 0.207 e. The van der Waals surface area contributed by atoms with E-state index >= 15 is 0 Å². The maximum absolute atomic E-state index is 4.40. The fraction of sp³-hybridized carbons (Fsp3) is 0.438. The molecule has 1 aliphatic rings. The van der Waals surface area contributed by atoms with Crippen LogP contribution in [0.5, 0.6) is 0 Å². The summed E-state index contributed by atoms with van der Waals surface area (Å²) < 4.78 is 2.12. The lowest BCUT2D eigenvalue weighted by atomic mass is 9.87. The number of nitrogens with zero attached hydrogens (tertiary/aromatic N) is 2. The molecule has 0 aliphatic heterocycles. The van der Waals surface area contributed by atoms with Crippen molar-refractivity contribution in [3.63, 3.8) is 0 Å². The van der Waals surface area contributed by atoms with Crippen LogP contribution in [0.1, 0.15) is 39.2 Å². The molecular formula is C16H21N3. The van der Waals surface area contributed by atoms with Gasteiger partial charge in [0.05, 0.1) is 0 Å². The highest BCUT2D eigenvalue weighted by Crippen LogP contribution is 2.27. The molecule has 0 spiro atoms. The summed E-state index contributed by atoms with van der Waals surface area (Å²) in [5.41, 5.74) is 2.71. The Labute approximate surface area is 114 Å². The van der Waals surface area contributed by atoms with Gasteiger partial charge in [-0.25, -0.2) is 4.98 Å². The fourth-order valence-corrected chi connectivity index (χ4v) is 2.15. The van der Waals surface area contributed by atoms with Crippen LogP contribution in [0.4, 0.5) is 5.95 Å². The average molecular weight is 255 g/mol. The van der Waals surface area contributed by atoms with Gasteiger partial charge in [-0.3, -0.25) is 4.57 Å². The average Bonchev–Trinajstić information content (AvgIpc) is 3.05. The van der Waals surface area contributed by atoms with Crippen molar-refractivity contribution in [2.75, 3.05) is 5.32 Å². The van der Waals surface area contributed by atoms with Gasteiger partial charge in [-0.15, -0.1) is 0 Å². The van der Waals surface area contributed by atoms with Crippen LogP contribution in [-0.4, -0.2) is 15.6 Å². The third-order valence-corrected chi connectivity index (χ3v) is 3.56. The van der Waals surface area contributed by atoms with Gasteiger partial charge in [0.1, 0.15) is 0 Å². The van der Waals surface area contributed by atoms with Crippen molar-refractivity contribution in [1.82, 2.24) is 9.55 Å². The second kappa shape index (κ2) is 4.41. The van der Waals surface area contributed by atoms with E-state index in [1.165, 1.54) is 18.4 Å². The summed E-state index contributed by atoms with van der Waals surface area (Å²) in [4.78, 5) is 4.40. The normalized spacial score (nSPS) is 15.5. The first-order valence-corrected chi connectivity index (χ1v) is 6.95. The highest BCUT2D eigenvalue weighted by molar-refractivity contribution is 5.44. The number of aromatic nitrogens is 2. The zero-order valence-corrected chi connectivity index (χ0v) is 11.9. The lowest BCUT2D eigenvalue weighted by molar-refractivity contribution is 0.590. The Hall–Kier alpha value is -1.77. The zero-order chi connectivity index (χ0) is 13.5. The topological polar surface area (TPSA) is 29.9 Å². The second-order valence-corrected chi connectivity index (χ2v) is 6.34. The van der Waals surface area contributed by atoms with E-state index in [1.54, 1.807) is 0 Å². The Bertz CT molecular complexity index is 556. The smallest absolute Gasteiger partial charge is 0.207 e. The Balaban J connectivity index is 1.87. The first-order chi connectivity index (χ1) is 9.04. The Morgan fingerprint density at radius 2 is 1.84 bits per heavy atom. The molecule has 1 heterocycles. The second-order valence-electron chi connectivity index (χ2n) is 6.34. The standard InChI is InChI=1S/C16H21N3/c1-16(2,3)12-4-8-14(9-5-12)19-11-10-17-15(19)18-13-6-7-13/h4-5,8-11,13H,6-7H2,1-3H3,(H,17,18). The summed E-state index contributed by atoms with van der Waals surface area (Å²) in [6, 6.07) is 9.36. The van der Waals surface area contributed by atoms with Crippen LogP contribution in [0.15, 0.2) is 36.7 Å². The van der Waals surface area contributed by atoms with Crippen LogP contribution in [0, 0.1) is 0 Å². The summed E-state index contributed by atoms with van der Waals surface area (Å²) in [6.07, 6.45) is 6.38. The van der Waals surface area contributed by atoms with Crippen LogP contribution in [0.25, 0.3) is 5.69 Å². The summed E-state index contributed by atoms with van der Waals surface area (Å²) in [5.74, 6) is 0.950. The van der Waals surface area contributed by atoms with Crippen molar-refractivity contribution >= 4 is 5.95 Å². The molecule has 0 radical (unpaired) electrons. The highest BCUT2D eigenvalue weighted by Gasteiger charge is 2.22. The van der Waals surface area contributed by atoms with Gasteiger partial charge >= 0.3 is 0 Å². The molecule has 19 heavy (non-hydrogen) atoms. The Morgan fingerprint density at radius 3 is 2.42 bits per heavy atom. The molecule has 0 amide bonds. The van der Waals surface area contributed by atoms with Crippen molar-refractivity contribution in [2.24, 2.45) is 0 Å². The predicted octanol–water partition coefficient (Wildman–Crippen LogP) is 3.74. The van der Waals surface area contributed by atoms with Gasteiger partial charge in [0.2, 0.25) is 5.95 Å². The number of nitrogens with one attached hydrogen (secondary N) is 1. The largest absolute Gasteiger partial charge is 0.353 e. The van der Waals surface area contributed by atoms with Crippen LogP contribution < -0.4 is 5.32 Å². The van der Waals surface area contributed by atoms with E-state index in [9.17, 15) is 0 Å². The summed E-state index contributed by atoms with van der Waals surface area (Å²) in [7, 11) is 0. The monoisotopic (exact) mass is 255 g/mol. The predicted molar refractivity (Wildman–Crippen MR) is 78.9 cm³/mol. The molecule has 1 fully saturated rings. The zero-order valence-electron chi connectivity index (χ0n) is 11.9. The Morgan fingerprint density at radius 1 is 1.16 bits per heavy atom.